The molecule has 1 aliphatic rings. The van der Waals surface area contributed by atoms with Crippen LogP contribution < -0.4 is 21.9 Å². The summed E-state index contributed by atoms with van der Waals surface area (Å²) in [4.78, 5) is 32.4. The molecule has 1 aromatic heterocycles. The number of hydrogen-bond donors (Lipinski definition) is 4. The Kier molecular flexibility index (Phi) is 9.97. The number of nitrogens with one attached hydrogen (secondary N) is 4. The third-order valence-electron chi connectivity index (χ3n) is 7.07. The molecule has 0 saturated carbocycles. The maximum absolute atomic E-state index is 12.9. The lowest BCUT2D eigenvalue weighted by Crippen LogP contribution is -2.33. The van der Waals surface area contributed by atoms with Crippen LogP contribution in [0.25, 0.3) is 11.1 Å². The van der Waals surface area contributed by atoms with Crippen molar-refractivity contribution in [3.05, 3.63) is 122 Å². The summed E-state index contributed by atoms with van der Waals surface area (Å²) in [5, 5.41) is 9.93. The average molecular weight is 606 g/mol. The van der Waals surface area contributed by atoms with Gasteiger partial charge in [0.25, 0.3) is 5.09 Å². The van der Waals surface area contributed by atoms with Crippen LogP contribution in [-0.2, 0) is 35.8 Å². The van der Waals surface area contributed by atoms with Crippen molar-refractivity contribution in [2.75, 3.05) is 0 Å². The fourth-order valence-corrected chi connectivity index (χ4v) is 5.13. The summed E-state index contributed by atoms with van der Waals surface area (Å²) in [6.45, 7) is 2.27. The van der Waals surface area contributed by atoms with E-state index in [0.717, 1.165) is 47.3 Å². The number of halogens is 1. The zero-order chi connectivity index (χ0) is 30.2. The SMILES string of the molecule is CCCCc1nc(Cl)c(COC(=O)c2cccc(CO[N+](=O)[O-])c2)n1Cc1ccc(-c2ccccc2C2NNNN2)cc1. The standard InChI is InChI=1S/C30H32ClN7O5/c1-2-3-11-27-32-28(31)26(19-42-30(39)23-8-6-7-21(16-23)18-43-38(40)41)37(27)17-20-12-14-22(15-13-20)24-9-4-5-10-25(24)29-33-35-36-34-29/h4-10,12-16,29,33-36H,2-3,11,17-19H2,1H3. The maximum Gasteiger partial charge on any atom is 0.338 e. The number of ether oxygens (including phenoxy) is 1. The minimum atomic E-state index is -0.877. The number of esters is 1. The van der Waals surface area contributed by atoms with E-state index in [0.29, 0.717) is 17.8 Å². The minimum absolute atomic E-state index is 0.0820. The Labute approximate surface area is 253 Å². The first kappa shape index (κ1) is 30.1. The predicted molar refractivity (Wildman–Crippen MR) is 159 cm³/mol. The number of carbonyl (C=O) groups is 1. The van der Waals surface area contributed by atoms with Crippen LogP contribution in [0, 0.1) is 10.1 Å². The molecule has 0 unspecified atom stereocenters. The number of rotatable bonds is 13. The van der Waals surface area contributed by atoms with Crippen molar-refractivity contribution in [2.45, 2.75) is 52.1 Å². The first-order valence-corrected chi connectivity index (χ1v) is 14.3. The van der Waals surface area contributed by atoms with Crippen molar-refractivity contribution in [3.8, 4) is 11.1 Å². The molecule has 1 saturated heterocycles. The lowest BCUT2D eigenvalue weighted by Gasteiger charge is -2.16. The van der Waals surface area contributed by atoms with Gasteiger partial charge in [0.15, 0.2) is 5.15 Å². The highest BCUT2D eigenvalue weighted by Gasteiger charge is 2.20. The quantitative estimate of drug-likeness (QED) is 0.0955. The summed E-state index contributed by atoms with van der Waals surface area (Å²) >= 11 is 6.58. The topological polar surface area (TPSA) is 145 Å². The first-order chi connectivity index (χ1) is 20.9. The molecule has 0 bridgehead atoms. The molecule has 1 fully saturated rings. The van der Waals surface area contributed by atoms with Crippen LogP contribution in [0.4, 0.5) is 0 Å². The highest BCUT2D eigenvalue weighted by Crippen LogP contribution is 2.29. The molecule has 13 heteroatoms. The number of imidazole rings is 1. The second-order valence-electron chi connectivity index (χ2n) is 9.98. The molecule has 0 amide bonds. The van der Waals surface area contributed by atoms with Crippen LogP contribution in [0.1, 0.15) is 64.5 Å². The van der Waals surface area contributed by atoms with Gasteiger partial charge in [-0.05, 0) is 46.4 Å². The van der Waals surface area contributed by atoms with Crippen molar-refractivity contribution >= 4 is 17.6 Å². The van der Waals surface area contributed by atoms with E-state index >= 15 is 0 Å². The van der Waals surface area contributed by atoms with Crippen LogP contribution in [0.5, 0.6) is 0 Å². The maximum atomic E-state index is 12.9. The van der Waals surface area contributed by atoms with Crippen molar-refractivity contribution < 1.29 is 19.5 Å². The van der Waals surface area contributed by atoms with E-state index in [4.69, 9.17) is 16.3 Å². The molecule has 0 aliphatic carbocycles. The highest BCUT2D eigenvalue weighted by molar-refractivity contribution is 6.30. The molecular formula is C30H32ClN7O5. The molecule has 0 spiro atoms. The summed E-state index contributed by atoms with van der Waals surface area (Å²) in [6, 6.07) is 22.8. The largest absolute Gasteiger partial charge is 0.456 e. The molecule has 2 heterocycles. The smallest absolute Gasteiger partial charge is 0.338 e. The average Bonchev–Trinajstić information content (AvgIpc) is 3.66. The third-order valence-corrected chi connectivity index (χ3v) is 7.37. The van der Waals surface area contributed by atoms with Gasteiger partial charge in [-0.25, -0.2) is 20.6 Å². The molecule has 5 rings (SSSR count). The summed E-state index contributed by atoms with van der Waals surface area (Å²) in [7, 11) is 0. The Morgan fingerprint density at radius 2 is 1.79 bits per heavy atom. The summed E-state index contributed by atoms with van der Waals surface area (Å²) < 4.78 is 7.64. The molecule has 0 atom stereocenters. The number of nitrogens with zero attached hydrogens (tertiary/aromatic N) is 3. The normalized spacial score (nSPS) is 13.3. The number of hydrogen-bond acceptors (Lipinski definition) is 10. The van der Waals surface area contributed by atoms with E-state index in [1.807, 2.05) is 16.7 Å². The molecule has 1 aliphatic heterocycles. The number of benzene rings is 3. The monoisotopic (exact) mass is 605 g/mol. The van der Waals surface area contributed by atoms with Crippen molar-refractivity contribution in [2.24, 2.45) is 0 Å². The molecule has 3 aromatic carbocycles. The predicted octanol–water partition coefficient (Wildman–Crippen LogP) is 4.78. The second kappa shape index (κ2) is 14.2. The lowest BCUT2D eigenvalue weighted by molar-refractivity contribution is -0.763. The molecular weight excluding hydrogens is 574 g/mol. The third kappa shape index (κ3) is 7.55. The number of aromatic nitrogens is 2. The Morgan fingerprint density at radius 1 is 1.02 bits per heavy atom. The Morgan fingerprint density at radius 3 is 2.53 bits per heavy atom. The van der Waals surface area contributed by atoms with E-state index in [9.17, 15) is 14.9 Å². The minimum Gasteiger partial charge on any atom is -0.456 e. The first-order valence-electron chi connectivity index (χ1n) is 13.9. The molecule has 4 aromatic rings. The van der Waals surface area contributed by atoms with Gasteiger partial charge >= 0.3 is 5.97 Å². The van der Waals surface area contributed by atoms with Crippen LogP contribution in [0.2, 0.25) is 5.15 Å². The van der Waals surface area contributed by atoms with Crippen LogP contribution in [0.3, 0.4) is 0 Å². The van der Waals surface area contributed by atoms with Crippen molar-refractivity contribution in [3.63, 3.8) is 0 Å². The van der Waals surface area contributed by atoms with E-state index in [1.165, 1.54) is 6.07 Å². The number of hydrazine groups is 3. The van der Waals surface area contributed by atoms with Gasteiger partial charge in [-0.1, -0.05) is 85.6 Å². The van der Waals surface area contributed by atoms with E-state index in [-0.39, 0.29) is 30.1 Å². The van der Waals surface area contributed by atoms with Crippen LogP contribution in [-0.4, -0.2) is 20.6 Å². The highest BCUT2D eigenvalue weighted by atomic mass is 35.5. The number of aryl methyl sites for hydroxylation is 1. The zero-order valence-corrected chi connectivity index (χ0v) is 24.3. The Balaban J connectivity index is 1.33. The summed E-state index contributed by atoms with van der Waals surface area (Å²) in [6.07, 6.45) is 2.58. The van der Waals surface area contributed by atoms with E-state index < -0.39 is 11.1 Å². The Hall–Kier alpha value is -4.33. The van der Waals surface area contributed by atoms with Gasteiger partial charge in [0.1, 0.15) is 25.2 Å². The van der Waals surface area contributed by atoms with Gasteiger partial charge in [-0.15, -0.1) is 10.1 Å². The van der Waals surface area contributed by atoms with Crippen LogP contribution in [0.15, 0.2) is 72.8 Å². The van der Waals surface area contributed by atoms with E-state index in [1.54, 1.807) is 18.2 Å². The fourth-order valence-electron chi connectivity index (χ4n) is 4.88. The molecule has 12 nitrogen and oxygen atoms in total. The van der Waals surface area contributed by atoms with Gasteiger partial charge in [-0.3, -0.25) is 0 Å². The number of carbonyl (C=O) groups excluding carboxylic acids is 1. The van der Waals surface area contributed by atoms with E-state index in [2.05, 4.69) is 75.1 Å². The molecule has 43 heavy (non-hydrogen) atoms. The van der Waals surface area contributed by atoms with Crippen LogP contribution >= 0.6 is 11.6 Å². The molecule has 0 radical (unpaired) electrons. The van der Waals surface area contributed by atoms with Gasteiger partial charge in [0.05, 0.1) is 11.3 Å². The summed E-state index contributed by atoms with van der Waals surface area (Å²) in [5.74, 6) is 0.242. The zero-order valence-electron chi connectivity index (χ0n) is 23.5. The van der Waals surface area contributed by atoms with Crippen molar-refractivity contribution in [1.82, 2.24) is 31.5 Å². The van der Waals surface area contributed by atoms with Gasteiger partial charge in [0.2, 0.25) is 0 Å². The van der Waals surface area contributed by atoms with Gasteiger partial charge < -0.3 is 14.1 Å². The van der Waals surface area contributed by atoms with Gasteiger partial charge in [0, 0.05) is 13.0 Å². The lowest BCUT2D eigenvalue weighted by atomic mass is 9.97. The Bertz CT molecular complexity index is 1570. The van der Waals surface area contributed by atoms with Crippen molar-refractivity contribution in [1.29, 1.82) is 0 Å². The molecule has 4 N–H and O–H groups in total. The fraction of sp³-hybridized carbons (Fsp3) is 0.267. The second-order valence-corrected chi connectivity index (χ2v) is 10.3. The molecule has 224 valence electrons. The van der Waals surface area contributed by atoms with Gasteiger partial charge in [-0.2, -0.15) is 11.1 Å². The number of unbranched alkanes of at least 4 members (excludes halogenated alkanes) is 1. The summed E-state index contributed by atoms with van der Waals surface area (Å²) in [5.41, 5.74) is 17.6.